The standard InChI is InChI=1S/C11H14BrN5/c1-4-9-15-10(13-3)7(2)11(16-9)17-6-8(12)5-14-17/h5-6H,4H2,1-3H3,(H,13,15,16). The molecule has 2 aromatic rings. The van der Waals surface area contributed by atoms with Gasteiger partial charge in [0.2, 0.25) is 0 Å². The number of aromatic nitrogens is 4. The van der Waals surface area contributed by atoms with E-state index in [9.17, 15) is 0 Å². The Balaban J connectivity index is 2.59. The van der Waals surface area contributed by atoms with Crippen molar-refractivity contribution in [1.82, 2.24) is 19.7 Å². The molecule has 0 spiro atoms. The summed E-state index contributed by atoms with van der Waals surface area (Å²) in [5.41, 5.74) is 0.986. The molecule has 0 aromatic carbocycles. The van der Waals surface area contributed by atoms with E-state index in [1.165, 1.54) is 0 Å². The molecule has 0 radical (unpaired) electrons. The summed E-state index contributed by atoms with van der Waals surface area (Å²) in [7, 11) is 1.86. The molecule has 0 amide bonds. The van der Waals surface area contributed by atoms with Crippen LogP contribution in [0.1, 0.15) is 18.3 Å². The Labute approximate surface area is 108 Å². The molecule has 0 saturated carbocycles. The van der Waals surface area contributed by atoms with Crippen molar-refractivity contribution < 1.29 is 0 Å². The first-order valence-electron chi connectivity index (χ1n) is 5.41. The predicted molar refractivity (Wildman–Crippen MR) is 70.5 cm³/mol. The van der Waals surface area contributed by atoms with Gasteiger partial charge in [-0.3, -0.25) is 0 Å². The second-order valence-electron chi connectivity index (χ2n) is 3.64. The van der Waals surface area contributed by atoms with Crippen LogP contribution in [0.4, 0.5) is 5.82 Å². The third-order valence-electron chi connectivity index (χ3n) is 2.49. The van der Waals surface area contributed by atoms with Gasteiger partial charge in [-0.1, -0.05) is 6.92 Å². The van der Waals surface area contributed by atoms with E-state index >= 15 is 0 Å². The van der Waals surface area contributed by atoms with Gasteiger partial charge in [-0.15, -0.1) is 0 Å². The van der Waals surface area contributed by atoms with Gasteiger partial charge in [0.05, 0.1) is 10.7 Å². The van der Waals surface area contributed by atoms with Gasteiger partial charge >= 0.3 is 0 Å². The normalized spacial score (nSPS) is 10.6. The highest BCUT2D eigenvalue weighted by atomic mass is 79.9. The smallest absolute Gasteiger partial charge is 0.162 e. The van der Waals surface area contributed by atoms with Crippen molar-refractivity contribution >= 4 is 21.7 Å². The fourth-order valence-electron chi connectivity index (χ4n) is 1.59. The highest BCUT2D eigenvalue weighted by Crippen LogP contribution is 2.20. The van der Waals surface area contributed by atoms with Gasteiger partial charge in [-0.2, -0.15) is 5.10 Å². The average molecular weight is 296 g/mol. The molecule has 0 fully saturated rings. The molecule has 2 heterocycles. The molecule has 6 heteroatoms. The molecule has 0 bridgehead atoms. The van der Waals surface area contributed by atoms with Crippen LogP contribution in [0.5, 0.6) is 0 Å². The van der Waals surface area contributed by atoms with Crippen molar-refractivity contribution in [3.05, 3.63) is 28.3 Å². The van der Waals surface area contributed by atoms with Gasteiger partial charge in [0.25, 0.3) is 0 Å². The molecule has 90 valence electrons. The van der Waals surface area contributed by atoms with E-state index in [1.807, 2.05) is 27.1 Å². The Kier molecular flexibility index (Phi) is 3.42. The maximum absolute atomic E-state index is 4.51. The summed E-state index contributed by atoms with van der Waals surface area (Å²) >= 11 is 3.38. The average Bonchev–Trinajstić information content (AvgIpc) is 2.76. The number of hydrogen-bond donors (Lipinski definition) is 1. The molecule has 0 unspecified atom stereocenters. The summed E-state index contributed by atoms with van der Waals surface area (Å²) < 4.78 is 2.68. The van der Waals surface area contributed by atoms with Crippen molar-refractivity contribution in [1.29, 1.82) is 0 Å². The SMILES string of the molecule is CCc1nc(NC)c(C)c(-n2cc(Br)cn2)n1. The summed E-state index contributed by atoms with van der Waals surface area (Å²) in [6.45, 7) is 4.02. The Hall–Kier alpha value is -1.43. The lowest BCUT2D eigenvalue weighted by molar-refractivity contribution is 0.804. The number of halogens is 1. The number of anilines is 1. The molecule has 0 aliphatic rings. The number of nitrogens with zero attached hydrogens (tertiary/aromatic N) is 4. The van der Waals surface area contributed by atoms with Crippen LogP contribution in [0, 0.1) is 6.92 Å². The topological polar surface area (TPSA) is 55.6 Å². The summed E-state index contributed by atoms with van der Waals surface area (Å²) in [6, 6.07) is 0. The van der Waals surface area contributed by atoms with Crippen LogP contribution in [0.25, 0.3) is 5.82 Å². The van der Waals surface area contributed by atoms with E-state index < -0.39 is 0 Å². The van der Waals surface area contributed by atoms with Crippen LogP contribution in [0.3, 0.4) is 0 Å². The Morgan fingerprint density at radius 3 is 2.71 bits per heavy atom. The van der Waals surface area contributed by atoms with Gasteiger partial charge in [0.1, 0.15) is 11.6 Å². The highest BCUT2D eigenvalue weighted by Gasteiger charge is 2.11. The van der Waals surface area contributed by atoms with Gasteiger partial charge in [-0.25, -0.2) is 14.6 Å². The van der Waals surface area contributed by atoms with Crippen LogP contribution in [-0.4, -0.2) is 26.8 Å². The van der Waals surface area contributed by atoms with E-state index in [1.54, 1.807) is 10.9 Å². The molecule has 1 N–H and O–H groups in total. The third-order valence-corrected chi connectivity index (χ3v) is 2.90. The van der Waals surface area contributed by atoms with Crippen molar-refractivity contribution in [2.75, 3.05) is 12.4 Å². The molecule has 0 aliphatic carbocycles. The lowest BCUT2D eigenvalue weighted by atomic mass is 10.3. The Morgan fingerprint density at radius 2 is 2.18 bits per heavy atom. The maximum atomic E-state index is 4.51. The summed E-state index contributed by atoms with van der Waals surface area (Å²) in [4.78, 5) is 8.94. The van der Waals surface area contributed by atoms with Gasteiger partial charge in [0.15, 0.2) is 5.82 Å². The third kappa shape index (κ3) is 2.31. The number of hydrogen-bond acceptors (Lipinski definition) is 4. The van der Waals surface area contributed by atoms with Gasteiger partial charge in [0, 0.05) is 25.2 Å². The second-order valence-corrected chi connectivity index (χ2v) is 4.56. The van der Waals surface area contributed by atoms with E-state index in [2.05, 4.69) is 36.3 Å². The molecule has 0 aliphatic heterocycles. The van der Waals surface area contributed by atoms with E-state index in [0.717, 1.165) is 33.9 Å². The lowest BCUT2D eigenvalue weighted by Gasteiger charge is -2.11. The molecule has 0 saturated heterocycles. The fraction of sp³-hybridized carbons (Fsp3) is 0.364. The molecule has 2 aromatic heterocycles. The second kappa shape index (κ2) is 4.83. The van der Waals surface area contributed by atoms with Crippen molar-refractivity contribution in [3.63, 3.8) is 0 Å². The van der Waals surface area contributed by atoms with Crippen LogP contribution < -0.4 is 5.32 Å². The number of aryl methyl sites for hydroxylation is 1. The van der Waals surface area contributed by atoms with Crippen LogP contribution >= 0.6 is 15.9 Å². The van der Waals surface area contributed by atoms with Gasteiger partial charge in [-0.05, 0) is 22.9 Å². The van der Waals surface area contributed by atoms with Crippen molar-refractivity contribution in [2.45, 2.75) is 20.3 Å². The van der Waals surface area contributed by atoms with Crippen molar-refractivity contribution in [3.8, 4) is 5.82 Å². The quantitative estimate of drug-likeness (QED) is 0.944. The largest absolute Gasteiger partial charge is 0.373 e. The number of nitrogens with one attached hydrogen (secondary N) is 1. The molecule has 2 rings (SSSR count). The highest BCUT2D eigenvalue weighted by molar-refractivity contribution is 9.10. The maximum Gasteiger partial charge on any atom is 0.162 e. The molecular formula is C11H14BrN5. The van der Waals surface area contributed by atoms with Crippen LogP contribution in [0.2, 0.25) is 0 Å². The lowest BCUT2D eigenvalue weighted by Crippen LogP contribution is -2.09. The molecular weight excluding hydrogens is 282 g/mol. The zero-order valence-corrected chi connectivity index (χ0v) is 11.6. The monoisotopic (exact) mass is 295 g/mol. The minimum Gasteiger partial charge on any atom is -0.373 e. The van der Waals surface area contributed by atoms with E-state index in [-0.39, 0.29) is 0 Å². The summed E-state index contributed by atoms with van der Waals surface area (Å²) in [6.07, 6.45) is 4.42. The Morgan fingerprint density at radius 1 is 1.41 bits per heavy atom. The van der Waals surface area contributed by atoms with Crippen LogP contribution in [0.15, 0.2) is 16.9 Å². The first-order chi connectivity index (χ1) is 8.15. The van der Waals surface area contributed by atoms with E-state index in [0.29, 0.717) is 0 Å². The predicted octanol–water partition coefficient (Wildman–Crippen LogP) is 2.34. The zero-order valence-electron chi connectivity index (χ0n) is 10.0. The fourth-order valence-corrected chi connectivity index (χ4v) is 1.88. The Bertz CT molecular complexity index is 535. The first kappa shape index (κ1) is 12.0. The van der Waals surface area contributed by atoms with E-state index in [4.69, 9.17) is 0 Å². The van der Waals surface area contributed by atoms with Crippen LogP contribution in [-0.2, 0) is 6.42 Å². The zero-order chi connectivity index (χ0) is 12.4. The van der Waals surface area contributed by atoms with Crippen molar-refractivity contribution in [2.24, 2.45) is 0 Å². The first-order valence-corrected chi connectivity index (χ1v) is 6.20. The summed E-state index contributed by atoms with van der Waals surface area (Å²) in [5, 5.41) is 7.33. The van der Waals surface area contributed by atoms with Gasteiger partial charge < -0.3 is 5.32 Å². The minimum atomic E-state index is 0.796. The molecule has 17 heavy (non-hydrogen) atoms. The number of rotatable bonds is 3. The summed E-state index contributed by atoms with van der Waals surface area (Å²) in [5.74, 6) is 2.46. The molecule has 5 nitrogen and oxygen atoms in total. The molecule has 0 atom stereocenters. The minimum absolute atomic E-state index is 0.796.